The standard InChI is InChI=1S/C26H18BrCl3N2O5S/c1-36-22-8-14(2-7-21(22)37-13-24(33)31-17-5-6-18(27)20(30)11-17)9-23-25(34)32(26(35)38-23)12-15-3-4-16(28)10-19(15)29/h2-11H,12-13H2,1H3,(H,31,33)/b23-9+. The Kier molecular flexibility index (Phi) is 9.27. The minimum Gasteiger partial charge on any atom is -0.493 e. The maximum absolute atomic E-state index is 12.9. The molecule has 0 spiro atoms. The van der Waals surface area contributed by atoms with Crippen molar-refractivity contribution in [2.24, 2.45) is 0 Å². The van der Waals surface area contributed by atoms with Crippen LogP contribution in [0.5, 0.6) is 11.5 Å². The molecule has 1 fully saturated rings. The maximum Gasteiger partial charge on any atom is 0.293 e. The lowest BCUT2D eigenvalue weighted by molar-refractivity contribution is -0.123. The molecule has 1 heterocycles. The molecule has 0 radical (unpaired) electrons. The Morgan fingerprint density at radius 2 is 1.82 bits per heavy atom. The number of carbonyl (C=O) groups is 3. The summed E-state index contributed by atoms with van der Waals surface area (Å²) in [5, 5.41) is 3.60. The topological polar surface area (TPSA) is 84.9 Å². The van der Waals surface area contributed by atoms with E-state index in [0.717, 1.165) is 16.7 Å². The van der Waals surface area contributed by atoms with Gasteiger partial charge in [-0.2, -0.15) is 0 Å². The normalized spacial score (nSPS) is 14.2. The zero-order valence-corrected chi connectivity index (χ0v) is 24.3. The van der Waals surface area contributed by atoms with Crippen molar-refractivity contribution in [3.8, 4) is 11.5 Å². The summed E-state index contributed by atoms with van der Waals surface area (Å²) in [7, 11) is 1.46. The molecule has 0 atom stereocenters. The Hall–Kier alpha value is -2.69. The molecule has 0 aliphatic carbocycles. The third kappa shape index (κ3) is 6.84. The van der Waals surface area contributed by atoms with Gasteiger partial charge in [-0.15, -0.1) is 0 Å². The number of halogens is 4. The number of ether oxygens (including phenoxy) is 2. The van der Waals surface area contributed by atoms with Crippen LogP contribution in [0.2, 0.25) is 15.1 Å². The van der Waals surface area contributed by atoms with Gasteiger partial charge in [0.25, 0.3) is 17.1 Å². The average molecular weight is 657 g/mol. The Labute approximate surface area is 246 Å². The number of nitrogens with zero attached hydrogens (tertiary/aromatic N) is 1. The molecule has 4 rings (SSSR count). The van der Waals surface area contributed by atoms with Crippen molar-refractivity contribution in [1.29, 1.82) is 0 Å². The minimum atomic E-state index is -0.435. The van der Waals surface area contributed by atoms with E-state index in [1.807, 2.05) is 0 Å². The van der Waals surface area contributed by atoms with Gasteiger partial charge in [0.1, 0.15) is 0 Å². The second kappa shape index (κ2) is 12.4. The molecular formula is C26H18BrCl3N2O5S. The highest BCUT2D eigenvalue weighted by atomic mass is 79.9. The van der Waals surface area contributed by atoms with Gasteiger partial charge in [0.15, 0.2) is 18.1 Å². The summed E-state index contributed by atoms with van der Waals surface area (Å²) in [5.74, 6) is -0.136. The monoisotopic (exact) mass is 654 g/mol. The molecule has 3 aromatic rings. The van der Waals surface area contributed by atoms with Crippen LogP contribution in [-0.2, 0) is 16.1 Å². The van der Waals surface area contributed by atoms with Crippen molar-refractivity contribution < 1.29 is 23.9 Å². The fourth-order valence-electron chi connectivity index (χ4n) is 3.42. The van der Waals surface area contributed by atoms with E-state index in [1.165, 1.54) is 7.11 Å². The first kappa shape index (κ1) is 28.3. The smallest absolute Gasteiger partial charge is 0.293 e. The quantitative estimate of drug-likeness (QED) is 0.251. The number of methoxy groups -OCH3 is 1. The van der Waals surface area contributed by atoms with E-state index in [1.54, 1.807) is 60.7 Å². The summed E-state index contributed by atoms with van der Waals surface area (Å²) in [4.78, 5) is 39.1. The summed E-state index contributed by atoms with van der Waals surface area (Å²) in [6.07, 6.45) is 1.59. The van der Waals surface area contributed by atoms with Crippen LogP contribution in [0.4, 0.5) is 10.5 Å². The van der Waals surface area contributed by atoms with Gasteiger partial charge < -0.3 is 14.8 Å². The van der Waals surface area contributed by atoms with Gasteiger partial charge in [0, 0.05) is 20.2 Å². The Morgan fingerprint density at radius 3 is 2.53 bits per heavy atom. The molecular weight excluding hydrogens is 639 g/mol. The molecule has 196 valence electrons. The van der Waals surface area contributed by atoms with Crippen LogP contribution < -0.4 is 14.8 Å². The number of hydrogen-bond donors (Lipinski definition) is 1. The van der Waals surface area contributed by atoms with Crippen molar-refractivity contribution in [2.75, 3.05) is 19.0 Å². The van der Waals surface area contributed by atoms with Gasteiger partial charge in [0.2, 0.25) is 0 Å². The molecule has 7 nitrogen and oxygen atoms in total. The van der Waals surface area contributed by atoms with Gasteiger partial charge >= 0.3 is 0 Å². The fraction of sp³-hybridized carbons (Fsp3) is 0.115. The molecule has 1 saturated heterocycles. The molecule has 1 aliphatic heterocycles. The summed E-state index contributed by atoms with van der Waals surface area (Å²) in [5.41, 5.74) is 1.75. The van der Waals surface area contributed by atoms with E-state index in [9.17, 15) is 14.4 Å². The molecule has 38 heavy (non-hydrogen) atoms. The molecule has 3 aromatic carbocycles. The van der Waals surface area contributed by atoms with Gasteiger partial charge in [-0.05, 0) is 87.4 Å². The van der Waals surface area contributed by atoms with Crippen LogP contribution in [0.25, 0.3) is 6.08 Å². The maximum atomic E-state index is 12.9. The minimum absolute atomic E-state index is 0.0304. The highest BCUT2D eigenvalue weighted by Gasteiger charge is 2.35. The zero-order chi connectivity index (χ0) is 27.4. The van der Waals surface area contributed by atoms with Crippen LogP contribution in [0, 0.1) is 0 Å². The third-order valence-electron chi connectivity index (χ3n) is 5.26. The summed E-state index contributed by atoms with van der Waals surface area (Å²) in [6.45, 7) is -0.238. The van der Waals surface area contributed by atoms with Gasteiger partial charge in [-0.1, -0.05) is 46.9 Å². The highest BCUT2D eigenvalue weighted by Crippen LogP contribution is 2.36. The largest absolute Gasteiger partial charge is 0.493 e. The van der Waals surface area contributed by atoms with Crippen molar-refractivity contribution >= 4 is 91.3 Å². The molecule has 3 amide bonds. The first-order chi connectivity index (χ1) is 18.1. The number of thioether (sulfide) groups is 1. The highest BCUT2D eigenvalue weighted by molar-refractivity contribution is 9.10. The molecule has 0 saturated carbocycles. The van der Waals surface area contributed by atoms with Crippen molar-refractivity contribution in [3.05, 3.63) is 90.2 Å². The lowest BCUT2D eigenvalue weighted by Crippen LogP contribution is -2.27. The average Bonchev–Trinajstić information content (AvgIpc) is 3.14. The second-order valence-corrected chi connectivity index (χ2v) is 11.0. The van der Waals surface area contributed by atoms with E-state index >= 15 is 0 Å². The molecule has 1 aliphatic rings. The number of imide groups is 1. The molecule has 0 bridgehead atoms. The van der Waals surface area contributed by atoms with E-state index in [4.69, 9.17) is 44.3 Å². The van der Waals surface area contributed by atoms with Crippen LogP contribution in [-0.4, -0.2) is 35.7 Å². The van der Waals surface area contributed by atoms with Crippen LogP contribution in [0.1, 0.15) is 11.1 Å². The van der Waals surface area contributed by atoms with E-state index in [-0.39, 0.29) is 24.0 Å². The lowest BCUT2D eigenvalue weighted by atomic mass is 10.1. The summed E-state index contributed by atoms with van der Waals surface area (Å²) < 4.78 is 11.7. The predicted octanol–water partition coefficient (Wildman–Crippen LogP) is 7.67. The Balaban J connectivity index is 1.42. The number of nitrogens with one attached hydrogen (secondary N) is 1. The van der Waals surface area contributed by atoms with Crippen molar-refractivity contribution in [1.82, 2.24) is 4.90 Å². The number of carbonyl (C=O) groups excluding carboxylic acids is 3. The fourth-order valence-corrected chi connectivity index (χ4v) is 5.15. The van der Waals surface area contributed by atoms with Crippen LogP contribution >= 0.6 is 62.5 Å². The second-order valence-electron chi connectivity index (χ2n) is 7.88. The van der Waals surface area contributed by atoms with Crippen LogP contribution in [0.15, 0.2) is 64.0 Å². The van der Waals surface area contributed by atoms with E-state index in [0.29, 0.717) is 47.9 Å². The number of anilines is 1. The van der Waals surface area contributed by atoms with Crippen LogP contribution in [0.3, 0.4) is 0 Å². The van der Waals surface area contributed by atoms with Gasteiger partial charge in [-0.25, -0.2) is 0 Å². The van der Waals surface area contributed by atoms with Crippen molar-refractivity contribution in [2.45, 2.75) is 6.54 Å². The Bertz CT molecular complexity index is 1470. The third-order valence-corrected chi connectivity index (χ3v) is 7.99. The van der Waals surface area contributed by atoms with E-state index in [2.05, 4.69) is 21.2 Å². The molecule has 1 N–H and O–H groups in total. The predicted molar refractivity (Wildman–Crippen MR) is 154 cm³/mol. The lowest BCUT2D eigenvalue weighted by Gasteiger charge is -2.14. The van der Waals surface area contributed by atoms with Gasteiger partial charge in [0.05, 0.1) is 23.6 Å². The first-order valence-corrected chi connectivity index (χ1v) is 13.6. The molecule has 0 aromatic heterocycles. The van der Waals surface area contributed by atoms with E-state index < -0.39 is 11.1 Å². The molecule has 0 unspecified atom stereocenters. The van der Waals surface area contributed by atoms with Crippen molar-refractivity contribution in [3.63, 3.8) is 0 Å². The first-order valence-electron chi connectivity index (χ1n) is 10.9. The number of amides is 3. The molecule has 12 heteroatoms. The Morgan fingerprint density at radius 1 is 1.03 bits per heavy atom. The SMILES string of the molecule is COc1cc(/C=C2/SC(=O)N(Cc3ccc(Cl)cc3Cl)C2=O)ccc1OCC(=O)Nc1ccc(Br)c(Cl)c1. The summed E-state index contributed by atoms with van der Waals surface area (Å²) >= 11 is 22.3. The number of benzene rings is 3. The number of rotatable bonds is 8. The summed E-state index contributed by atoms with van der Waals surface area (Å²) in [6, 6.07) is 14.9. The van der Waals surface area contributed by atoms with Gasteiger partial charge in [-0.3, -0.25) is 19.3 Å². The number of hydrogen-bond acceptors (Lipinski definition) is 6. The zero-order valence-electron chi connectivity index (χ0n) is 19.6.